The van der Waals surface area contributed by atoms with Crippen LogP contribution in [0, 0.1) is 5.82 Å². The Morgan fingerprint density at radius 2 is 1.81 bits per heavy atom. The molecule has 2 N–H and O–H groups in total. The molecule has 0 bridgehead atoms. The third-order valence-electron chi connectivity index (χ3n) is 4.52. The van der Waals surface area contributed by atoms with E-state index >= 15 is 0 Å². The lowest BCUT2D eigenvalue weighted by Gasteiger charge is -2.25. The Morgan fingerprint density at radius 1 is 1.19 bits per heavy atom. The molecule has 2 rings (SSSR count). The summed E-state index contributed by atoms with van der Waals surface area (Å²) in [5.41, 5.74) is 3.13. The first kappa shape index (κ1) is 20.9. The Bertz CT molecular complexity index is 899. The maximum absolute atomic E-state index is 13.1. The summed E-state index contributed by atoms with van der Waals surface area (Å²) in [6, 6.07) is 13.1. The Hall–Kier alpha value is -2.45. The summed E-state index contributed by atoms with van der Waals surface area (Å²) in [6.45, 7) is 1.55. The fourth-order valence-corrected chi connectivity index (χ4v) is 3.35. The van der Waals surface area contributed by atoms with Gasteiger partial charge in [-0.15, -0.1) is 0 Å². The standard InChI is InChI=1S/C19H22FNO5S/c1-19(18(22)21-23,27(2,24)25)11-10-14-6-8-15(9-7-14)13-26-17-5-3-4-16(20)12-17/h3-9,12,23H,10-11,13H2,1-2H3,(H,21,22). The first-order chi connectivity index (χ1) is 12.7. The molecule has 1 atom stereocenters. The van der Waals surface area contributed by atoms with E-state index in [1.165, 1.54) is 24.5 Å². The van der Waals surface area contributed by atoms with Crippen LogP contribution in [-0.2, 0) is 27.7 Å². The van der Waals surface area contributed by atoms with Gasteiger partial charge in [-0.3, -0.25) is 10.0 Å². The van der Waals surface area contributed by atoms with Gasteiger partial charge in [-0.25, -0.2) is 18.3 Å². The van der Waals surface area contributed by atoms with Gasteiger partial charge in [0.1, 0.15) is 22.9 Å². The van der Waals surface area contributed by atoms with Crippen molar-refractivity contribution in [1.29, 1.82) is 0 Å². The Labute approximate surface area is 157 Å². The van der Waals surface area contributed by atoms with E-state index < -0.39 is 20.5 Å². The van der Waals surface area contributed by atoms with Gasteiger partial charge in [-0.05, 0) is 43.0 Å². The molecule has 2 aromatic rings. The van der Waals surface area contributed by atoms with Crippen molar-refractivity contribution in [2.45, 2.75) is 31.1 Å². The Morgan fingerprint density at radius 3 is 2.37 bits per heavy atom. The van der Waals surface area contributed by atoms with E-state index in [0.717, 1.165) is 17.4 Å². The fraction of sp³-hybridized carbons (Fsp3) is 0.316. The average Bonchev–Trinajstić information content (AvgIpc) is 2.63. The number of hydrogen-bond donors (Lipinski definition) is 2. The fourth-order valence-electron chi connectivity index (χ4n) is 2.49. The van der Waals surface area contributed by atoms with E-state index in [1.54, 1.807) is 12.1 Å². The van der Waals surface area contributed by atoms with E-state index in [0.29, 0.717) is 12.2 Å². The van der Waals surface area contributed by atoms with Crippen LogP contribution in [-0.4, -0.2) is 30.5 Å². The molecule has 0 aliphatic heterocycles. The van der Waals surface area contributed by atoms with E-state index in [4.69, 9.17) is 9.94 Å². The van der Waals surface area contributed by atoms with Crippen molar-refractivity contribution in [2.75, 3.05) is 6.26 Å². The second kappa shape index (κ2) is 8.49. The molecule has 0 aromatic heterocycles. The van der Waals surface area contributed by atoms with Crippen molar-refractivity contribution in [1.82, 2.24) is 5.48 Å². The molecule has 2 aromatic carbocycles. The summed E-state index contributed by atoms with van der Waals surface area (Å²) < 4.78 is 40.8. The lowest BCUT2D eigenvalue weighted by molar-refractivity contribution is -0.131. The number of carbonyl (C=O) groups excluding carboxylic acids is 1. The van der Waals surface area contributed by atoms with Crippen molar-refractivity contribution in [2.24, 2.45) is 0 Å². The van der Waals surface area contributed by atoms with Gasteiger partial charge < -0.3 is 4.74 Å². The molecule has 8 heteroatoms. The summed E-state index contributed by atoms with van der Waals surface area (Å²) in [5, 5.41) is 8.84. The van der Waals surface area contributed by atoms with Gasteiger partial charge in [0.05, 0.1) is 0 Å². The Balaban J connectivity index is 1.99. The zero-order chi connectivity index (χ0) is 20.1. The van der Waals surface area contributed by atoms with Crippen molar-refractivity contribution in [3.63, 3.8) is 0 Å². The van der Waals surface area contributed by atoms with Crippen LogP contribution in [0.25, 0.3) is 0 Å². The molecule has 146 valence electrons. The number of sulfone groups is 1. The molecular formula is C19H22FNO5S. The van der Waals surface area contributed by atoms with Crippen LogP contribution < -0.4 is 10.2 Å². The van der Waals surface area contributed by atoms with Crippen molar-refractivity contribution >= 4 is 15.7 Å². The van der Waals surface area contributed by atoms with E-state index in [2.05, 4.69) is 0 Å². The monoisotopic (exact) mass is 395 g/mol. The predicted octanol–water partition coefficient (Wildman–Crippen LogP) is 2.65. The van der Waals surface area contributed by atoms with E-state index in [1.807, 2.05) is 24.3 Å². The molecule has 0 aliphatic rings. The normalized spacial score (nSPS) is 13.6. The van der Waals surface area contributed by atoms with Crippen LogP contribution in [0.15, 0.2) is 48.5 Å². The van der Waals surface area contributed by atoms with Crippen LogP contribution in [0.3, 0.4) is 0 Å². The SMILES string of the molecule is CC(CCc1ccc(COc2cccc(F)c2)cc1)(C(=O)NO)S(C)(=O)=O. The molecule has 0 spiro atoms. The second-order valence-electron chi connectivity index (χ2n) is 6.51. The van der Waals surface area contributed by atoms with Crippen molar-refractivity contribution in [3.8, 4) is 5.75 Å². The summed E-state index contributed by atoms with van der Waals surface area (Å²) in [7, 11) is -3.72. The summed E-state index contributed by atoms with van der Waals surface area (Å²) in [4.78, 5) is 11.8. The van der Waals surface area contributed by atoms with E-state index in [9.17, 15) is 17.6 Å². The second-order valence-corrected chi connectivity index (χ2v) is 8.95. The largest absolute Gasteiger partial charge is 0.489 e. The zero-order valence-corrected chi connectivity index (χ0v) is 15.9. The maximum Gasteiger partial charge on any atom is 0.264 e. The van der Waals surface area contributed by atoms with Crippen LogP contribution in [0.1, 0.15) is 24.5 Å². The molecule has 1 amide bonds. The van der Waals surface area contributed by atoms with Crippen molar-refractivity contribution in [3.05, 3.63) is 65.5 Å². The molecule has 6 nitrogen and oxygen atoms in total. The van der Waals surface area contributed by atoms with Crippen LogP contribution in [0.5, 0.6) is 5.75 Å². The Kier molecular flexibility index (Phi) is 6.56. The minimum absolute atomic E-state index is 0.0252. The molecule has 27 heavy (non-hydrogen) atoms. The van der Waals surface area contributed by atoms with Gasteiger partial charge in [0.15, 0.2) is 9.84 Å². The number of nitrogens with one attached hydrogen (secondary N) is 1. The van der Waals surface area contributed by atoms with E-state index in [-0.39, 0.29) is 18.8 Å². The number of amides is 1. The molecule has 0 aliphatic carbocycles. The molecular weight excluding hydrogens is 373 g/mol. The highest BCUT2D eigenvalue weighted by atomic mass is 32.2. The predicted molar refractivity (Wildman–Crippen MR) is 98.7 cm³/mol. The first-order valence-corrected chi connectivity index (χ1v) is 10.2. The third kappa shape index (κ3) is 5.27. The summed E-state index contributed by atoms with van der Waals surface area (Å²) >= 11 is 0. The number of halogens is 1. The lowest BCUT2D eigenvalue weighted by atomic mass is 9.99. The van der Waals surface area contributed by atoms with Crippen LogP contribution in [0.2, 0.25) is 0 Å². The van der Waals surface area contributed by atoms with Crippen LogP contribution in [0.4, 0.5) is 4.39 Å². The topological polar surface area (TPSA) is 92.7 Å². The van der Waals surface area contributed by atoms with Gasteiger partial charge in [0, 0.05) is 12.3 Å². The number of ether oxygens (including phenoxy) is 1. The highest BCUT2D eigenvalue weighted by Crippen LogP contribution is 2.24. The van der Waals surface area contributed by atoms with Crippen molar-refractivity contribution < 1.29 is 27.5 Å². The minimum Gasteiger partial charge on any atom is -0.489 e. The molecule has 0 radical (unpaired) electrons. The van der Waals surface area contributed by atoms with Gasteiger partial charge in [-0.1, -0.05) is 30.3 Å². The summed E-state index contributed by atoms with van der Waals surface area (Å²) in [5.74, 6) is -0.896. The number of hydrogen-bond acceptors (Lipinski definition) is 5. The smallest absolute Gasteiger partial charge is 0.264 e. The number of carbonyl (C=O) groups is 1. The highest BCUT2D eigenvalue weighted by Gasteiger charge is 2.43. The highest BCUT2D eigenvalue weighted by molar-refractivity contribution is 7.92. The molecule has 1 unspecified atom stereocenters. The van der Waals surface area contributed by atoms with Gasteiger partial charge in [-0.2, -0.15) is 0 Å². The maximum atomic E-state index is 13.1. The number of benzene rings is 2. The van der Waals surface area contributed by atoms with Gasteiger partial charge in [0.2, 0.25) is 0 Å². The first-order valence-electron chi connectivity index (χ1n) is 8.26. The minimum atomic E-state index is -3.72. The number of aryl methyl sites for hydroxylation is 1. The molecule has 0 fully saturated rings. The number of rotatable bonds is 8. The molecule has 0 saturated carbocycles. The zero-order valence-electron chi connectivity index (χ0n) is 15.1. The van der Waals surface area contributed by atoms with Gasteiger partial charge >= 0.3 is 0 Å². The summed E-state index contributed by atoms with van der Waals surface area (Å²) in [6.07, 6.45) is 1.33. The lowest BCUT2D eigenvalue weighted by Crippen LogP contribution is -2.49. The average molecular weight is 395 g/mol. The third-order valence-corrected chi connectivity index (χ3v) is 6.54. The van der Waals surface area contributed by atoms with Crippen LogP contribution >= 0.6 is 0 Å². The molecule has 0 heterocycles. The quantitative estimate of drug-likeness (QED) is 0.530. The number of hydroxylamine groups is 1. The van der Waals surface area contributed by atoms with Gasteiger partial charge in [0.25, 0.3) is 5.91 Å². The molecule has 0 saturated heterocycles.